The van der Waals surface area contributed by atoms with Gasteiger partial charge in [0.2, 0.25) is 17.7 Å². The molecule has 1 heterocycles. The number of carbonyl (C=O) groups is 4. The first-order valence-electron chi connectivity index (χ1n) is 6.44. The number of nitrogens with one attached hydrogen (secondary N) is 1. The highest BCUT2D eigenvalue weighted by Crippen LogP contribution is 2.16. The number of nitrogens with zero attached hydrogens (tertiary/aromatic N) is 1. The van der Waals surface area contributed by atoms with Crippen LogP contribution in [0.5, 0.6) is 0 Å². The largest absolute Gasteiger partial charge is 0.478 e. The fourth-order valence-electron chi connectivity index (χ4n) is 2.08. The lowest BCUT2D eigenvalue weighted by Gasteiger charge is -2.13. The van der Waals surface area contributed by atoms with Gasteiger partial charge in [-0.2, -0.15) is 0 Å². The topological polar surface area (TPSA) is 104 Å². The molecule has 1 aromatic rings. The Morgan fingerprint density at radius 2 is 1.76 bits per heavy atom. The van der Waals surface area contributed by atoms with Crippen molar-refractivity contribution in [2.75, 3.05) is 11.9 Å². The highest BCUT2D eigenvalue weighted by atomic mass is 16.4. The zero-order valence-corrected chi connectivity index (χ0v) is 11.2. The smallest absolute Gasteiger partial charge is 0.337 e. The summed E-state index contributed by atoms with van der Waals surface area (Å²) in [6, 6.07) is 6.02. The van der Waals surface area contributed by atoms with E-state index in [2.05, 4.69) is 5.32 Å². The maximum Gasteiger partial charge on any atom is 0.337 e. The summed E-state index contributed by atoms with van der Waals surface area (Å²) < 4.78 is 0. The molecule has 2 N–H and O–H groups in total. The molecule has 0 unspecified atom stereocenters. The van der Waals surface area contributed by atoms with Crippen molar-refractivity contribution in [3.63, 3.8) is 0 Å². The molecule has 7 heteroatoms. The molecule has 110 valence electrons. The Morgan fingerprint density at radius 3 is 2.38 bits per heavy atom. The molecular formula is C14H14N2O5. The van der Waals surface area contributed by atoms with E-state index >= 15 is 0 Å². The van der Waals surface area contributed by atoms with Gasteiger partial charge in [0, 0.05) is 25.8 Å². The summed E-state index contributed by atoms with van der Waals surface area (Å²) in [5, 5.41) is 11.5. The molecule has 0 atom stereocenters. The summed E-state index contributed by atoms with van der Waals surface area (Å²) in [6.07, 6.45) is 0.302. The van der Waals surface area contributed by atoms with E-state index in [1.165, 1.54) is 12.1 Å². The Morgan fingerprint density at radius 1 is 1.14 bits per heavy atom. The SMILES string of the molecule is O=C(CCN1C(=O)CCC1=O)Nc1ccccc1C(=O)O. The van der Waals surface area contributed by atoms with Crippen LogP contribution in [-0.2, 0) is 14.4 Å². The number of hydrogen-bond donors (Lipinski definition) is 2. The van der Waals surface area contributed by atoms with Gasteiger partial charge < -0.3 is 10.4 Å². The van der Waals surface area contributed by atoms with Gasteiger partial charge in [-0.1, -0.05) is 12.1 Å². The van der Waals surface area contributed by atoms with Crippen LogP contribution >= 0.6 is 0 Å². The van der Waals surface area contributed by atoms with Gasteiger partial charge in [0.25, 0.3) is 0 Å². The minimum absolute atomic E-state index is 0.0126. The Balaban J connectivity index is 1.95. The van der Waals surface area contributed by atoms with Crippen molar-refractivity contribution in [3.8, 4) is 0 Å². The second kappa shape index (κ2) is 6.17. The number of carboxylic acid groups (broad SMARTS) is 1. The number of aromatic carboxylic acids is 1. The number of carboxylic acids is 1. The van der Waals surface area contributed by atoms with Crippen LogP contribution in [-0.4, -0.2) is 40.2 Å². The number of anilines is 1. The maximum absolute atomic E-state index is 11.8. The zero-order chi connectivity index (χ0) is 15.4. The Bertz CT molecular complexity index is 595. The first kappa shape index (κ1) is 14.7. The van der Waals surface area contributed by atoms with E-state index in [4.69, 9.17) is 5.11 Å². The van der Waals surface area contributed by atoms with E-state index < -0.39 is 11.9 Å². The Kier molecular flexibility index (Phi) is 4.32. The highest BCUT2D eigenvalue weighted by Gasteiger charge is 2.28. The van der Waals surface area contributed by atoms with Crippen molar-refractivity contribution < 1.29 is 24.3 Å². The molecule has 0 spiro atoms. The normalized spacial score (nSPS) is 14.4. The van der Waals surface area contributed by atoms with Gasteiger partial charge in [-0.15, -0.1) is 0 Å². The molecule has 0 bridgehead atoms. The van der Waals surface area contributed by atoms with Crippen LogP contribution in [0.4, 0.5) is 5.69 Å². The minimum Gasteiger partial charge on any atom is -0.478 e. The van der Waals surface area contributed by atoms with E-state index in [9.17, 15) is 19.2 Å². The summed E-state index contributed by atoms with van der Waals surface area (Å²) in [5.41, 5.74) is 0.174. The lowest BCUT2D eigenvalue weighted by Crippen LogP contribution is -2.32. The van der Waals surface area contributed by atoms with Crippen LogP contribution in [0, 0.1) is 0 Å². The second-order valence-electron chi connectivity index (χ2n) is 4.59. The second-order valence-corrected chi connectivity index (χ2v) is 4.59. The molecule has 3 amide bonds. The molecule has 0 aliphatic carbocycles. The minimum atomic E-state index is -1.14. The Hall–Kier alpha value is -2.70. The van der Waals surface area contributed by atoms with Gasteiger partial charge in [0.05, 0.1) is 11.3 Å². The van der Waals surface area contributed by atoms with Crippen LogP contribution in [0.1, 0.15) is 29.6 Å². The lowest BCUT2D eigenvalue weighted by atomic mass is 10.2. The molecule has 1 aliphatic rings. The van der Waals surface area contributed by atoms with Crippen molar-refractivity contribution >= 4 is 29.4 Å². The van der Waals surface area contributed by atoms with Crippen LogP contribution in [0.3, 0.4) is 0 Å². The fraction of sp³-hybridized carbons (Fsp3) is 0.286. The average molecular weight is 290 g/mol. The van der Waals surface area contributed by atoms with Gasteiger partial charge in [-0.25, -0.2) is 4.79 Å². The van der Waals surface area contributed by atoms with Crippen LogP contribution in [0.25, 0.3) is 0 Å². The number of rotatable bonds is 5. The van der Waals surface area contributed by atoms with E-state index in [1.807, 2.05) is 0 Å². The molecule has 0 radical (unpaired) electrons. The molecule has 7 nitrogen and oxygen atoms in total. The van der Waals surface area contributed by atoms with Gasteiger partial charge >= 0.3 is 5.97 Å². The van der Waals surface area contributed by atoms with Crippen molar-refractivity contribution in [1.82, 2.24) is 4.90 Å². The monoisotopic (exact) mass is 290 g/mol. The first-order valence-corrected chi connectivity index (χ1v) is 6.44. The number of para-hydroxylation sites is 1. The summed E-state index contributed by atoms with van der Waals surface area (Å²) in [4.78, 5) is 46.7. The van der Waals surface area contributed by atoms with E-state index in [0.717, 1.165) is 4.90 Å². The van der Waals surface area contributed by atoms with Crippen LogP contribution in [0.2, 0.25) is 0 Å². The van der Waals surface area contributed by atoms with Crippen molar-refractivity contribution in [3.05, 3.63) is 29.8 Å². The third kappa shape index (κ3) is 3.44. The third-order valence-electron chi connectivity index (χ3n) is 3.15. The molecule has 21 heavy (non-hydrogen) atoms. The predicted octanol–water partition coefficient (Wildman–Crippen LogP) is 0.862. The summed E-state index contributed by atoms with van der Waals surface area (Å²) >= 11 is 0. The van der Waals surface area contributed by atoms with Crippen LogP contribution < -0.4 is 5.32 Å². The number of amides is 3. The Labute approximate surface area is 120 Å². The lowest BCUT2D eigenvalue weighted by molar-refractivity contribution is -0.138. The maximum atomic E-state index is 11.8. The van der Waals surface area contributed by atoms with E-state index in [0.29, 0.717) is 0 Å². The number of imide groups is 1. The van der Waals surface area contributed by atoms with E-state index in [-0.39, 0.29) is 48.9 Å². The number of carbonyl (C=O) groups excluding carboxylic acids is 3. The molecular weight excluding hydrogens is 276 g/mol. The molecule has 1 aliphatic heterocycles. The highest BCUT2D eigenvalue weighted by molar-refractivity contribution is 6.03. The van der Waals surface area contributed by atoms with Crippen LogP contribution in [0.15, 0.2) is 24.3 Å². The summed E-state index contributed by atoms with van der Waals surface area (Å²) in [7, 11) is 0. The van der Waals surface area contributed by atoms with Gasteiger partial charge in [-0.05, 0) is 12.1 Å². The molecule has 1 saturated heterocycles. The number of hydrogen-bond acceptors (Lipinski definition) is 4. The first-order chi connectivity index (χ1) is 9.99. The van der Waals surface area contributed by atoms with Crippen molar-refractivity contribution in [2.24, 2.45) is 0 Å². The molecule has 1 aromatic carbocycles. The number of benzene rings is 1. The van der Waals surface area contributed by atoms with Gasteiger partial charge in [0.15, 0.2) is 0 Å². The summed E-state index contributed by atoms with van der Waals surface area (Å²) in [5.74, 6) is -2.15. The molecule has 0 saturated carbocycles. The third-order valence-corrected chi connectivity index (χ3v) is 3.15. The van der Waals surface area contributed by atoms with E-state index in [1.54, 1.807) is 12.1 Å². The number of likely N-dealkylation sites (tertiary alicyclic amines) is 1. The van der Waals surface area contributed by atoms with Gasteiger partial charge in [-0.3, -0.25) is 19.3 Å². The molecule has 0 aromatic heterocycles. The zero-order valence-electron chi connectivity index (χ0n) is 11.2. The molecule has 2 rings (SSSR count). The fourth-order valence-corrected chi connectivity index (χ4v) is 2.08. The standard InChI is InChI=1S/C14H14N2O5/c17-11(7-8-16-12(18)5-6-13(16)19)15-10-4-2-1-3-9(10)14(20)21/h1-4H,5-8H2,(H,15,17)(H,20,21). The molecule has 1 fully saturated rings. The van der Waals surface area contributed by atoms with Gasteiger partial charge in [0.1, 0.15) is 0 Å². The average Bonchev–Trinajstić information content (AvgIpc) is 2.76. The van der Waals surface area contributed by atoms with Crippen molar-refractivity contribution in [2.45, 2.75) is 19.3 Å². The predicted molar refractivity (Wildman–Crippen MR) is 72.6 cm³/mol. The summed E-state index contributed by atoms with van der Waals surface area (Å²) in [6.45, 7) is 0.0126. The quantitative estimate of drug-likeness (QED) is 0.783. The van der Waals surface area contributed by atoms with Crippen molar-refractivity contribution in [1.29, 1.82) is 0 Å².